The second-order valence-corrected chi connectivity index (χ2v) is 6.20. The van der Waals surface area contributed by atoms with Crippen LogP contribution in [0.4, 0.5) is 0 Å². The largest absolute Gasteiger partial charge is 0.325 e. The lowest BCUT2D eigenvalue weighted by molar-refractivity contribution is 0.0993. The van der Waals surface area contributed by atoms with Crippen LogP contribution < -0.4 is 0 Å². The van der Waals surface area contributed by atoms with Crippen LogP contribution in [-0.4, -0.2) is 9.55 Å². The summed E-state index contributed by atoms with van der Waals surface area (Å²) in [4.78, 5) is 4.34. The van der Waals surface area contributed by atoms with Crippen LogP contribution in [-0.2, 0) is 6.54 Å². The molecule has 0 radical (unpaired) electrons. The van der Waals surface area contributed by atoms with E-state index in [4.69, 9.17) is 0 Å². The maximum Gasteiger partial charge on any atom is 0.132 e. The molecule has 1 aromatic rings. The number of halogens is 2. The Balaban J connectivity index is 2.13. The van der Waals surface area contributed by atoms with E-state index in [0.29, 0.717) is 5.41 Å². The highest BCUT2D eigenvalue weighted by atomic mass is 127. The Bertz CT molecular complexity index is 323. The van der Waals surface area contributed by atoms with Crippen molar-refractivity contribution in [3.8, 4) is 0 Å². The van der Waals surface area contributed by atoms with E-state index >= 15 is 0 Å². The molecular weight excluding hydrogens is 402 g/mol. The molecule has 1 aliphatic carbocycles. The second kappa shape index (κ2) is 4.27. The van der Waals surface area contributed by atoms with Crippen molar-refractivity contribution in [2.24, 2.45) is 5.41 Å². The Morgan fingerprint density at radius 1 is 1.50 bits per heavy atom. The van der Waals surface area contributed by atoms with Crippen molar-refractivity contribution < 1.29 is 0 Å². The molecule has 0 amide bonds. The normalized spacial score (nSPS) is 19.4. The minimum absolute atomic E-state index is 0.587. The monoisotopic (exact) mass is 416 g/mol. The summed E-state index contributed by atoms with van der Waals surface area (Å²) in [5.74, 6) is 0. The highest BCUT2D eigenvalue weighted by Gasteiger charge is 2.35. The van der Waals surface area contributed by atoms with E-state index in [2.05, 4.69) is 61.7 Å². The lowest BCUT2D eigenvalue weighted by Crippen LogP contribution is -2.33. The molecule has 2 nitrogen and oxygen atoms in total. The second-order valence-electron chi connectivity index (χ2n) is 4.16. The van der Waals surface area contributed by atoms with Gasteiger partial charge in [0.25, 0.3) is 0 Å². The first-order chi connectivity index (χ1) is 6.67. The standard InChI is InChI=1S/C10H14I2N2/c1-2-10(4-3-5-10)6-14-7-13-8(11)9(14)12/h7H,2-6H2,1H3. The van der Waals surface area contributed by atoms with Gasteiger partial charge in [0.1, 0.15) is 7.40 Å². The first-order valence-electron chi connectivity index (χ1n) is 5.03. The van der Waals surface area contributed by atoms with Crippen molar-refractivity contribution in [2.75, 3.05) is 0 Å². The van der Waals surface area contributed by atoms with Gasteiger partial charge < -0.3 is 4.57 Å². The summed E-state index contributed by atoms with van der Waals surface area (Å²) in [6.07, 6.45) is 7.50. The molecule has 1 aliphatic rings. The number of hydrogen-bond donors (Lipinski definition) is 0. The lowest BCUT2D eigenvalue weighted by Gasteiger charge is -2.41. The molecule has 4 heteroatoms. The zero-order valence-electron chi connectivity index (χ0n) is 8.26. The van der Waals surface area contributed by atoms with Crippen molar-refractivity contribution in [3.05, 3.63) is 13.7 Å². The molecule has 1 heterocycles. The smallest absolute Gasteiger partial charge is 0.132 e. The van der Waals surface area contributed by atoms with Crippen LogP contribution in [0.2, 0.25) is 0 Å². The average molecular weight is 416 g/mol. The maximum absolute atomic E-state index is 4.34. The molecule has 0 spiro atoms. The predicted molar refractivity (Wildman–Crippen MR) is 74.2 cm³/mol. The van der Waals surface area contributed by atoms with Gasteiger partial charge >= 0.3 is 0 Å². The van der Waals surface area contributed by atoms with Gasteiger partial charge in [0.05, 0.1) is 6.33 Å². The zero-order chi connectivity index (χ0) is 10.2. The summed E-state index contributed by atoms with van der Waals surface area (Å²) in [5, 5.41) is 0. The fourth-order valence-electron chi connectivity index (χ4n) is 2.11. The van der Waals surface area contributed by atoms with E-state index in [0.717, 1.165) is 10.2 Å². The van der Waals surface area contributed by atoms with Gasteiger partial charge in [-0.15, -0.1) is 0 Å². The molecule has 0 aromatic carbocycles. The minimum atomic E-state index is 0.587. The van der Waals surface area contributed by atoms with Gasteiger partial charge in [0, 0.05) is 6.54 Å². The molecule has 0 atom stereocenters. The van der Waals surface area contributed by atoms with Crippen LogP contribution in [0.5, 0.6) is 0 Å². The number of nitrogens with zero attached hydrogens (tertiary/aromatic N) is 2. The molecular formula is C10H14I2N2. The summed E-state index contributed by atoms with van der Waals surface area (Å²) in [5.41, 5.74) is 0.587. The summed E-state index contributed by atoms with van der Waals surface area (Å²) in [7, 11) is 0. The fourth-order valence-corrected chi connectivity index (χ4v) is 2.98. The zero-order valence-corrected chi connectivity index (χ0v) is 12.6. The lowest BCUT2D eigenvalue weighted by atomic mass is 9.67. The van der Waals surface area contributed by atoms with Gasteiger partial charge in [-0.2, -0.15) is 0 Å². The first-order valence-corrected chi connectivity index (χ1v) is 7.19. The summed E-state index contributed by atoms with van der Waals surface area (Å²) in [6, 6.07) is 0. The van der Waals surface area contributed by atoms with Gasteiger partial charge in [-0.25, -0.2) is 4.98 Å². The molecule has 0 aliphatic heterocycles. The van der Waals surface area contributed by atoms with Crippen LogP contribution in [0.25, 0.3) is 0 Å². The molecule has 14 heavy (non-hydrogen) atoms. The van der Waals surface area contributed by atoms with Gasteiger partial charge in [-0.1, -0.05) is 13.3 Å². The van der Waals surface area contributed by atoms with E-state index in [1.807, 2.05) is 6.33 Å². The van der Waals surface area contributed by atoms with E-state index in [9.17, 15) is 0 Å². The summed E-state index contributed by atoms with van der Waals surface area (Å²) >= 11 is 4.69. The Morgan fingerprint density at radius 3 is 2.57 bits per heavy atom. The topological polar surface area (TPSA) is 17.8 Å². The number of hydrogen-bond acceptors (Lipinski definition) is 1. The van der Waals surface area contributed by atoms with Crippen molar-refractivity contribution in [2.45, 2.75) is 39.2 Å². The van der Waals surface area contributed by atoms with Crippen LogP contribution in [0.15, 0.2) is 6.33 Å². The highest BCUT2D eigenvalue weighted by Crippen LogP contribution is 2.45. The minimum Gasteiger partial charge on any atom is -0.325 e. The molecule has 0 N–H and O–H groups in total. The molecule has 0 bridgehead atoms. The predicted octanol–water partition coefficient (Wildman–Crippen LogP) is 3.67. The quantitative estimate of drug-likeness (QED) is 0.688. The third-order valence-corrected chi connectivity index (χ3v) is 6.35. The van der Waals surface area contributed by atoms with Crippen molar-refractivity contribution in [1.29, 1.82) is 0 Å². The molecule has 78 valence electrons. The number of rotatable bonds is 3. The van der Waals surface area contributed by atoms with E-state index in [-0.39, 0.29) is 0 Å². The SMILES string of the molecule is CCC1(Cn2cnc(I)c2I)CCC1. The van der Waals surface area contributed by atoms with Gasteiger partial charge in [-0.3, -0.25) is 0 Å². The molecule has 2 rings (SSSR count). The third kappa shape index (κ3) is 1.96. The van der Waals surface area contributed by atoms with Crippen molar-refractivity contribution in [3.63, 3.8) is 0 Å². The molecule has 1 aromatic heterocycles. The third-order valence-electron chi connectivity index (χ3n) is 3.40. The highest BCUT2D eigenvalue weighted by molar-refractivity contribution is 14.1. The Kier molecular flexibility index (Phi) is 3.41. The molecule has 1 fully saturated rings. The summed E-state index contributed by atoms with van der Waals surface area (Å²) < 4.78 is 4.74. The average Bonchev–Trinajstić information content (AvgIpc) is 2.42. The van der Waals surface area contributed by atoms with E-state index in [1.54, 1.807) is 0 Å². The van der Waals surface area contributed by atoms with Crippen LogP contribution >= 0.6 is 45.2 Å². The Hall–Kier alpha value is 0.670. The maximum atomic E-state index is 4.34. The van der Waals surface area contributed by atoms with Crippen molar-refractivity contribution >= 4 is 45.2 Å². The Morgan fingerprint density at radius 2 is 2.21 bits per heavy atom. The van der Waals surface area contributed by atoms with E-state index in [1.165, 1.54) is 29.4 Å². The van der Waals surface area contributed by atoms with Crippen LogP contribution in [0.1, 0.15) is 32.6 Å². The molecule has 1 saturated carbocycles. The molecule has 0 saturated heterocycles. The van der Waals surface area contributed by atoms with Gasteiger partial charge in [-0.05, 0) is 69.9 Å². The first kappa shape index (κ1) is 11.2. The number of imidazole rings is 1. The Labute approximate surface area is 112 Å². The van der Waals surface area contributed by atoms with Crippen LogP contribution in [0.3, 0.4) is 0 Å². The fraction of sp³-hybridized carbons (Fsp3) is 0.700. The molecule has 0 unspecified atom stereocenters. The van der Waals surface area contributed by atoms with Crippen molar-refractivity contribution in [1.82, 2.24) is 9.55 Å². The van der Waals surface area contributed by atoms with Gasteiger partial charge in [0.15, 0.2) is 0 Å². The van der Waals surface area contributed by atoms with Gasteiger partial charge in [0.2, 0.25) is 0 Å². The van der Waals surface area contributed by atoms with Crippen LogP contribution in [0, 0.1) is 12.8 Å². The van der Waals surface area contributed by atoms with E-state index < -0.39 is 0 Å². The number of aromatic nitrogens is 2. The summed E-state index contributed by atoms with van der Waals surface area (Å²) in [6.45, 7) is 3.48.